The summed E-state index contributed by atoms with van der Waals surface area (Å²) < 4.78 is 19.1. The van der Waals surface area contributed by atoms with Crippen LogP contribution in [0.1, 0.15) is 44.2 Å². The van der Waals surface area contributed by atoms with Gasteiger partial charge in [0.15, 0.2) is 11.5 Å². The summed E-state index contributed by atoms with van der Waals surface area (Å²) in [4.78, 5) is 2.40. The van der Waals surface area contributed by atoms with E-state index in [1.807, 2.05) is 19.9 Å². The zero-order chi connectivity index (χ0) is 20.4. The first kappa shape index (κ1) is 19.4. The molecule has 158 valence electrons. The van der Waals surface area contributed by atoms with E-state index in [-0.39, 0.29) is 17.7 Å². The maximum atomic E-state index is 11.9. The normalized spacial score (nSPS) is 39.3. The first-order chi connectivity index (χ1) is 13.9. The van der Waals surface area contributed by atoms with Crippen molar-refractivity contribution in [1.29, 1.82) is 0 Å². The van der Waals surface area contributed by atoms with Gasteiger partial charge in [-0.2, -0.15) is 0 Å². The van der Waals surface area contributed by atoms with Gasteiger partial charge in [0.1, 0.15) is 0 Å². The number of piperidine rings is 1. The minimum atomic E-state index is -1.73. The third-order valence-corrected chi connectivity index (χ3v) is 7.38. The number of benzene rings is 1. The van der Waals surface area contributed by atoms with Crippen LogP contribution in [0.25, 0.3) is 0 Å². The smallest absolute Gasteiger partial charge is 0.279 e. The summed E-state index contributed by atoms with van der Waals surface area (Å²) in [5, 5.41) is 22.6. The lowest BCUT2D eigenvalue weighted by atomic mass is 9.51. The van der Waals surface area contributed by atoms with Crippen LogP contribution in [0.4, 0.5) is 0 Å². The van der Waals surface area contributed by atoms with Crippen LogP contribution in [0.5, 0.6) is 11.5 Å². The van der Waals surface area contributed by atoms with Crippen LogP contribution in [-0.2, 0) is 21.3 Å². The highest BCUT2D eigenvalue weighted by atomic mass is 16.8. The van der Waals surface area contributed by atoms with Gasteiger partial charge in [0, 0.05) is 17.5 Å². The molecular formula is C23H31NO5. The Bertz CT molecular complexity index is 856. The fraction of sp³-hybridized carbons (Fsp3) is 0.652. The molecule has 1 saturated heterocycles. The molecule has 29 heavy (non-hydrogen) atoms. The molecule has 1 aromatic rings. The van der Waals surface area contributed by atoms with Crippen molar-refractivity contribution >= 4 is 0 Å². The number of hydrogen-bond acceptors (Lipinski definition) is 6. The van der Waals surface area contributed by atoms with Crippen LogP contribution in [0.15, 0.2) is 24.3 Å². The molecule has 0 aromatic heterocycles. The molecule has 1 spiro atoms. The topological polar surface area (TPSA) is 71.4 Å². The van der Waals surface area contributed by atoms with Gasteiger partial charge in [-0.1, -0.05) is 26.0 Å². The Morgan fingerprint density at radius 3 is 2.72 bits per heavy atom. The zero-order valence-corrected chi connectivity index (χ0v) is 17.5. The van der Waals surface area contributed by atoms with E-state index >= 15 is 0 Å². The van der Waals surface area contributed by atoms with Crippen molar-refractivity contribution < 1.29 is 24.4 Å². The zero-order valence-electron chi connectivity index (χ0n) is 17.5. The molecule has 0 radical (unpaired) electrons. The quantitative estimate of drug-likeness (QED) is 0.564. The van der Waals surface area contributed by atoms with Gasteiger partial charge in [0.05, 0.1) is 18.6 Å². The molecule has 4 aliphatic rings. The van der Waals surface area contributed by atoms with E-state index in [2.05, 4.69) is 18.0 Å². The molecule has 0 unspecified atom stereocenters. The lowest BCUT2D eigenvalue weighted by Crippen LogP contribution is -2.76. The van der Waals surface area contributed by atoms with Crippen LogP contribution < -0.4 is 4.74 Å². The second-order valence-corrected chi connectivity index (χ2v) is 8.92. The van der Waals surface area contributed by atoms with Gasteiger partial charge in [0.25, 0.3) is 11.6 Å². The van der Waals surface area contributed by atoms with E-state index in [0.717, 1.165) is 37.8 Å². The number of phenolic OH excluding ortho intramolecular Hbond substituents is 1. The summed E-state index contributed by atoms with van der Waals surface area (Å²) in [7, 11) is 2.16. The predicted molar refractivity (Wildman–Crippen MR) is 108 cm³/mol. The van der Waals surface area contributed by atoms with Crippen molar-refractivity contribution in [2.75, 3.05) is 26.8 Å². The number of rotatable bonds is 6. The summed E-state index contributed by atoms with van der Waals surface area (Å²) in [5.74, 6) is -2.48. The van der Waals surface area contributed by atoms with Crippen molar-refractivity contribution in [2.24, 2.45) is 5.92 Å². The van der Waals surface area contributed by atoms with Crippen LogP contribution in [0.3, 0.4) is 0 Å². The van der Waals surface area contributed by atoms with E-state index in [1.54, 1.807) is 12.1 Å². The molecule has 2 N–H and O–H groups in total. The van der Waals surface area contributed by atoms with Crippen LogP contribution in [0.2, 0.25) is 0 Å². The van der Waals surface area contributed by atoms with Gasteiger partial charge in [-0.25, -0.2) is 0 Å². The molecule has 5 rings (SSSR count). The fourth-order valence-corrected chi connectivity index (χ4v) is 6.18. The number of likely N-dealkylation sites (tertiary alicyclic amines) is 1. The molecule has 0 amide bonds. The second kappa shape index (κ2) is 6.45. The van der Waals surface area contributed by atoms with Gasteiger partial charge in [-0.05, 0) is 57.0 Å². The van der Waals surface area contributed by atoms with Crippen molar-refractivity contribution in [3.63, 3.8) is 0 Å². The van der Waals surface area contributed by atoms with E-state index in [9.17, 15) is 10.2 Å². The number of ether oxygens (including phenoxy) is 3. The lowest BCUT2D eigenvalue weighted by Gasteiger charge is -2.62. The minimum absolute atomic E-state index is 0.0981. The second-order valence-electron chi connectivity index (χ2n) is 8.92. The Labute approximate surface area is 172 Å². The number of aliphatic hydroxyl groups is 1. The molecule has 6 heteroatoms. The third kappa shape index (κ3) is 2.21. The van der Waals surface area contributed by atoms with Crippen molar-refractivity contribution in [3.8, 4) is 11.5 Å². The third-order valence-electron chi connectivity index (χ3n) is 7.38. The summed E-state index contributed by atoms with van der Waals surface area (Å²) in [5.41, 5.74) is 1.57. The van der Waals surface area contributed by atoms with Gasteiger partial charge < -0.3 is 29.3 Å². The van der Waals surface area contributed by atoms with Gasteiger partial charge in [-0.3, -0.25) is 0 Å². The van der Waals surface area contributed by atoms with E-state index in [0.29, 0.717) is 19.0 Å². The summed E-state index contributed by atoms with van der Waals surface area (Å²) in [6, 6.07) is 3.99. The maximum Gasteiger partial charge on any atom is 0.279 e. The average Bonchev–Trinajstić information content (AvgIpc) is 3.03. The Morgan fingerprint density at radius 2 is 1.97 bits per heavy atom. The molecule has 2 heterocycles. The predicted octanol–water partition coefficient (Wildman–Crippen LogP) is 2.71. The molecule has 2 bridgehead atoms. The monoisotopic (exact) mass is 401 g/mol. The number of hydrogen-bond donors (Lipinski definition) is 2. The largest absolute Gasteiger partial charge is 0.504 e. The highest BCUT2D eigenvalue weighted by Crippen LogP contribution is 2.68. The number of phenols is 1. The van der Waals surface area contributed by atoms with Crippen molar-refractivity contribution in [2.45, 2.75) is 62.6 Å². The van der Waals surface area contributed by atoms with Gasteiger partial charge in [0.2, 0.25) is 0 Å². The van der Waals surface area contributed by atoms with Crippen molar-refractivity contribution in [1.82, 2.24) is 4.90 Å². The minimum Gasteiger partial charge on any atom is -0.504 e. The number of likely N-dealkylation sites (N-methyl/N-ethyl adjacent to an activating group) is 1. The average molecular weight is 402 g/mol. The van der Waals surface area contributed by atoms with Gasteiger partial charge in [-0.15, -0.1) is 0 Å². The summed E-state index contributed by atoms with van der Waals surface area (Å²) >= 11 is 0. The number of aromatic hydroxyl groups is 1. The van der Waals surface area contributed by atoms with Crippen LogP contribution in [0, 0.1) is 5.92 Å². The Balaban J connectivity index is 1.80. The highest BCUT2D eigenvalue weighted by Gasteiger charge is 2.78. The van der Waals surface area contributed by atoms with Crippen molar-refractivity contribution in [3.05, 3.63) is 35.4 Å². The Hall–Kier alpha value is -1.60. The number of nitrogens with zero attached hydrogens (tertiary/aromatic N) is 1. The Kier molecular flexibility index (Phi) is 4.31. The van der Waals surface area contributed by atoms with E-state index < -0.39 is 17.0 Å². The van der Waals surface area contributed by atoms with Crippen LogP contribution in [-0.4, -0.2) is 59.5 Å². The van der Waals surface area contributed by atoms with Gasteiger partial charge >= 0.3 is 0 Å². The highest BCUT2D eigenvalue weighted by molar-refractivity contribution is 5.63. The molecular weight excluding hydrogens is 370 g/mol. The van der Waals surface area contributed by atoms with E-state index in [4.69, 9.17) is 14.2 Å². The summed E-state index contributed by atoms with van der Waals surface area (Å²) in [6.07, 6.45) is 7.05. The Morgan fingerprint density at radius 1 is 1.21 bits per heavy atom. The molecule has 5 atom stereocenters. The van der Waals surface area contributed by atoms with E-state index in [1.165, 1.54) is 5.56 Å². The molecule has 6 nitrogen and oxygen atoms in total. The molecule has 0 saturated carbocycles. The molecule has 2 aliphatic carbocycles. The van der Waals surface area contributed by atoms with Crippen LogP contribution >= 0.6 is 0 Å². The first-order valence-electron chi connectivity index (χ1n) is 10.9. The molecule has 2 aliphatic heterocycles. The first-order valence-corrected chi connectivity index (χ1v) is 10.9. The molecule has 1 fully saturated rings. The maximum absolute atomic E-state index is 11.9. The molecule has 1 aromatic carbocycles. The standard InChI is InChI=1S/C23H31NO5/c1-4-12-27-22(26)9-8-16-17-14-15-6-7-18(25)20-19(15)21(16,10-11-24(17)3)23(22,29-20)28-13-5-2/h6-9,16-17,25-26H,4-5,10-14H2,1-3H3/t16-,17+,21-,22+,23+/m0/s1. The lowest BCUT2D eigenvalue weighted by molar-refractivity contribution is -0.383. The summed E-state index contributed by atoms with van der Waals surface area (Å²) in [6.45, 7) is 5.75. The SMILES string of the molecule is CCCO[C@@]12Oc3c(O)ccc4c3[C@@]13CCN(C)[C@H](C4)[C@@H]3C=C[C@@]2(O)OCCC. The fourth-order valence-electron chi connectivity index (χ4n) is 6.18.